The lowest BCUT2D eigenvalue weighted by molar-refractivity contribution is 0.225. The number of methoxy groups -OCH3 is 1. The molecule has 46 heavy (non-hydrogen) atoms. The Labute approximate surface area is 270 Å². The molecule has 1 aliphatic heterocycles. The SMILES string of the molecule is COc1ccccc1Oc1c(C(C)(C)C)cc(N2CCN(c3ccccc3)CC2)c(S(=O)(=O)Nc2ccncn2)c1OCCCO. The molecule has 1 aromatic heterocycles. The summed E-state index contributed by atoms with van der Waals surface area (Å²) >= 11 is 0. The number of nitrogens with one attached hydrogen (secondary N) is 1. The van der Waals surface area contributed by atoms with Gasteiger partial charge in [0.2, 0.25) is 0 Å². The van der Waals surface area contributed by atoms with Crippen molar-refractivity contribution in [2.75, 3.05) is 61.0 Å². The monoisotopic (exact) mass is 647 g/mol. The molecule has 244 valence electrons. The molecule has 0 spiro atoms. The number of ether oxygens (including phenoxy) is 3. The zero-order valence-corrected chi connectivity index (χ0v) is 27.5. The Morgan fingerprint density at radius 3 is 2.22 bits per heavy atom. The summed E-state index contributed by atoms with van der Waals surface area (Å²) in [5.74, 6) is 1.30. The lowest BCUT2D eigenvalue weighted by Crippen LogP contribution is -2.47. The molecule has 5 rings (SSSR count). The Balaban J connectivity index is 1.71. The molecular formula is C34H41N5O6S. The van der Waals surface area contributed by atoms with Crippen LogP contribution in [0.3, 0.4) is 0 Å². The number of aromatic nitrogens is 2. The summed E-state index contributed by atoms with van der Waals surface area (Å²) in [4.78, 5) is 12.3. The van der Waals surface area contributed by atoms with E-state index >= 15 is 0 Å². The fraction of sp³-hybridized carbons (Fsp3) is 0.353. The molecule has 0 bridgehead atoms. The van der Waals surface area contributed by atoms with Crippen molar-refractivity contribution in [3.05, 3.63) is 84.8 Å². The number of aliphatic hydroxyl groups excluding tert-OH is 1. The highest BCUT2D eigenvalue weighted by molar-refractivity contribution is 7.93. The van der Waals surface area contributed by atoms with Crippen LogP contribution in [-0.4, -0.2) is 70.0 Å². The first kappa shape index (κ1) is 32.8. The van der Waals surface area contributed by atoms with Crippen molar-refractivity contribution >= 4 is 27.2 Å². The van der Waals surface area contributed by atoms with Gasteiger partial charge in [0.15, 0.2) is 27.9 Å². The molecule has 2 N–H and O–H groups in total. The maximum atomic E-state index is 14.5. The highest BCUT2D eigenvalue weighted by atomic mass is 32.2. The quantitative estimate of drug-likeness (QED) is 0.191. The van der Waals surface area contributed by atoms with Crippen LogP contribution >= 0.6 is 0 Å². The molecule has 1 fully saturated rings. The third kappa shape index (κ3) is 7.45. The first-order chi connectivity index (χ1) is 22.1. The van der Waals surface area contributed by atoms with Gasteiger partial charge in [-0.15, -0.1) is 0 Å². The van der Waals surface area contributed by atoms with Crippen LogP contribution in [0.1, 0.15) is 32.8 Å². The maximum absolute atomic E-state index is 14.5. The number of anilines is 3. The number of sulfonamides is 1. The molecule has 3 aromatic carbocycles. The summed E-state index contributed by atoms with van der Waals surface area (Å²) in [6, 6.07) is 20.7. The van der Waals surface area contributed by atoms with Gasteiger partial charge in [-0.1, -0.05) is 51.1 Å². The van der Waals surface area contributed by atoms with Crippen molar-refractivity contribution in [3.63, 3.8) is 0 Å². The molecule has 0 saturated carbocycles. The number of benzene rings is 3. The lowest BCUT2D eigenvalue weighted by Gasteiger charge is -2.39. The van der Waals surface area contributed by atoms with E-state index in [1.54, 1.807) is 19.2 Å². The van der Waals surface area contributed by atoms with Crippen molar-refractivity contribution in [1.82, 2.24) is 9.97 Å². The first-order valence-corrected chi connectivity index (χ1v) is 16.7. The third-order valence-corrected chi connectivity index (χ3v) is 9.05. The van der Waals surface area contributed by atoms with Gasteiger partial charge in [0, 0.05) is 56.7 Å². The Morgan fingerprint density at radius 2 is 1.59 bits per heavy atom. The average molecular weight is 648 g/mol. The maximum Gasteiger partial charge on any atom is 0.268 e. The second-order valence-electron chi connectivity index (χ2n) is 11.9. The van der Waals surface area contributed by atoms with Crippen LogP contribution in [-0.2, 0) is 15.4 Å². The summed E-state index contributed by atoms with van der Waals surface area (Å²) in [6.45, 7) is 8.56. The summed E-state index contributed by atoms with van der Waals surface area (Å²) in [5, 5.41) is 9.62. The summed E-state index contributed by atoms with van der Waals surface area (Å²) in [5.41, 5.74) is 1.86. The molecule has 1 saturated heterocycles. The van der Waals surface area contributed by atoms with Crippen molar-refractivity contribution in [2.45, 2.75) is 37.5 Å². The fourth-order valence-electron chi connectivity index (χ4n) is 5.33. The van der Waals surface area contributed by atoms with Gasteiger partial charge >= 0.3 is 0 Å². The van der Waals surface area contributed by atoms with E-state index in [1.165, 1.54) is 18.6 Å². The molecular weight excluding hydrogens is 606 g/mol. The van der Waals surface area contributed by atoms with Crippen LogP contribution in [0.4, 0.5) is 17.2 Å². The van der Waals surface area contributed by atoms with Crippen LogP contribution in [0, 0.1) is 0 Å². The highest BCUT2D eigenvalue weighted by Gasteiger charge is 2.36. The second kappa shape index (κ2) is 14.3. The molecule has 11 nitrogen and oxygen atoms in total. The van der Waals surface area contributed by atoms with E-state index in [4.69, 9.17) is 14.2 Å². The minimum absolute atomic E-state index is 0.0498. The van der Waals surface area contributed by atoms with Crippen LogP contribution < -0.4 is 28.7 Å². The second-order valence-corrected chi connectivity index (χ2v) is 13.5. The minimum Gasteiger partial charge on any atom is -0.493 e. The number of rotatable bonds is 12. The molecule has 1 aliphatic rings. The zero-order chi connectivity index (χ0) is 32.7. The number of hydrogen-bond acceptors (Lipinski definition) is 10. The van der Waals surface area contributed by atoms with Crippen molar-refractivity contribution in [2.24, 2.45) is 0 Å². The van der Waals surface area contributed by atoms with Gasteiger partial charge in [0.25, 0.3) is 10.0 Å². The smallest absolute Gasteiger partial charge is 0.268 e. The first-order valence-electron chi connectivity index (χ1n) is 15.2. The van der Waals surface area contributed by atoms with E-state index < -0.39 is 15.4 Å². The molecule has 12 heteroatoms. The van der Waals surface area contributed by atoms with Gasteiger partial charge in [0.05, 0.1) is 19.4 Å². The minimum atomic E-state index is -4.31. The number of hydrogen-bond donors (Lipinski definition) is 2. The van der Waals surface area contributed by atoms with Gasteiger partial charge in [0.1, 0.15) is 12.1 Å². The number of aliphatic hydroxyl groups is 1. The van der Waals surface area contributed by atoms with Gasteiger partial charge in [-0.2, -0.15) is 0 Å². The molecule has 2 heterocycles. The van der Waals surface area contributed by atoms with E-state index in [9.17, 15) is 13.5 Å². The Hall–Kier alpha value is -4.55. The Kier molecular flexibility index (Phi) is 10.2. The molecule has 0 unspecified atom stereocenters. The third-order valence-electron chi connectivity index (χ3n) is 7.64. The van der Waals surface area contributed by atoms with Crippen molar-refractivity contribution in [1.29, 1.82) is 0 Å². The fourth-order valence-corrected chi connectivity index (χ4v) is 6.69. The lowest BCUT2D eigenvalue weighted by atomic mass is 9.85. The molecule has 4 aromatic rings. The van der Waals surface area contributed by atoms with Crippen LogP contribution in [0.15, 0.2) is 84.1 Å². The van der Waals surface area contributed by atoms with Gasteiger partial charge in [-0.25, -0.2) is 18.4 Å². The topological polar surface area (TPSA) is 126 Å². The number of nitrogens with zero attached hydrogens (tertiary/aromatic N) is 4. The van der Waals surface area contributed by atoms with E-state index in [-0.39, 0.29) is 41.8 Å². The highest BCUT2D eigenvalue weighted by Crippen LogP contribution is 2.50. The molecule has 0 amide bonds. The van der Waals surface area contributed by atoms with Crippen LogP contribution in [0.5, 0.6) is 23.0 Å². The van der Waals surface area contributed by atoms with E-state index in [0.717, 1.165) is 11.3 Å². The predicted molar refractivity (Wildman–Crippen MR) is 179 cm³/mol. The van der Waals surface area contributed by atoms with Crippen molar-refractivity contribution in [3.8, 4) is 23.0 Å². The van der Waals surface area contributed by atoms with Crippen LogP contribution in [0.2, 0.25) is 0 Å². The number of para-hydroxylation sites is 3. The zero-order valence-electron chi connectivity index (χ0n) is 26.6. The summed E-state index contributed by atoms with van der Waals surface area (Å²) in [6.07, 6.45) is 3.03. The Bertz CT molecular complexity index is 1710. The predicted octanol–water partition coefficient (Wildman–Crippen LogP) is 5.46. The van der Waals surface area contributed by atoms with E-state index in [2.05, 4.69) is 36.6 Å². The number of piperazine rings is 1. The normalized spacial score (nSPS) is 13.8. The standard InChI is InChI=1S/C34H41N5O6S/c1-34(2,3)26-23-27(39-19-17-38(18-20-39)25-11-6-5-7-12-25)33(46(41,42)37-30-15-16-35-24-36-30)32(44-22-10-21-40)31(26)45-29-14-9-8-13-28(29)43-4/h5-9,11-16,23-24,40H,10,17-22H2,1-4H3,(H,35,36,37). The van der Waals surface area contributed by atoms with Crippen molar-refractivity contribution < 1.29 is 27.7 Å². The largest absolute Gasteiger partial charge is 0.493 e. The average Bonchev–Trinajstić information content (AvgIpc) is 3.05. The molecule has 0 atom stereocenters. The molecule has 0 radical (unpaired) electrons. The molecule has 0 aliphatic carbocycles. The van der Waals surface area contributed by atoms with E-state index in [1.807, 2.05) is 57.2 Å². The van der Waals surface area contributed by atoms with E-state index in [0.29, 0.717) is 43.4 Å². The summed E-state index contributed by atoms with van der Waals surface area (Å²) < 4.78 is 50.0. The summed E-state index contributed by atoms with van der Waals surface area (Å²) in [7, 11) is -2.77. The van der Waals surface area contributed by atoms with Gasteiger partial charge in [-0.3, -0.25) is 4.72 Å². The van der Waals surface area contributed by atoms with Gasteiger partial charge in [-0.05, 0) is 41.8 Å². The van der Waals surface area contributed by atoms with Crippen LogP contribution in [0.25, 0.3) is 0 Å². The van der Waals surface area contributed by atoms with Gasteiger partial charge < -0.3 is 29.1 Å². The Morgan fingerprint density at radius 1 is 0.913 bits per heavy atom.